The molecule has 0 radical (unpaired) electrons. The molecule has 3 N–H and O–H groups in total. The first-order chi connectivity index (χ1) is 15.8. The summed E-state index contributed by atoms with van der Waals surface area (Å²) in [4.78, 5) is 32.6. The van der Waals surface area contributed by atoms with Gasteiger partial charge in [-0.1, -0.05) is 37.3 Å². The number of nitrogens with one attached hydrogen (secondary N) is 1. The zero-order chi connectivity index (χ0) is 25.5. The number of alkyl carbamates (subject to hydrolysis) is 1. The summed E-state index contributed by atoms with van der Waals surface area (Å²) in [5, 5.41) is 19.6. The van der Waals surface area contributed by atoms with Crippen LogP contribution >= 0.6 is 0 Å². The van der Waals surface area contributed by atoms with E-state index in [0.29, 0.717) is 6.42 Å². The summed E-state index contributed by atoms with van der Waals surface area (Å²) >= 11 is 0. The van der Waals surface area contributed by atoms with E-state index < -0.39 is 60.6 Å². The van der Waals surface area contributed by atoms with Gasteiger partial charge in [0.1, 0.15) is 6.61 Å². The molecule has 4 atom stereocenters. The van der Waals surface area contributed by atoms with Crippen molar-refractivity contribution >= 4 is 18.0 Å². The van der Waals surface area contributed by atoms with Crippen molar-refractivity contribution < 1.29 is 46.9 Å². The molecule has 2 aliphatic rings. The van der Waals surface area contributed by atoms with Crippen LogP contribution < -0.4 is 5.32 Å². The minimum atomic E-state index is -3.18. The molecular formula is C23H29F4NO6. The molecule has 11 heteroatoms. The summed E-state index contributed by atoms with van der Waals surface area (Å²) < 4.78 is 57.7. The van der Waals surface area contributed by atoms with E-state index in [1.54, 1.807) is 6.92 Å². The number of alkyl halides is 4. The standard InChI is InChI=1S/C15H19F2NO2.C8H10F2O4/c1-11-7-13(9-15(16,17)8-11)18-14(19)20-10-12-5-3-2-4-6-12;9-8(10)2-4(6(11)12)1-5(3-8)7(13)14/h2-6,11,13H,7-10H2,1H3,(H,18,19);4-5H,1-3H2,(H,11,12)(H,13,14). The first-order valence-corrected chi connectivity index (χ1v) is 10.9. The fourth-order valence-corrected chi connectivity index (χ4v) is 4.34. The highest BCUT2D eigenvalue weighted by molar-refractivity contribution is 5.74. The number of amides is 1. The van der Waals surface area contributed by atoms with Gasteiger partial charge < -0.3 is 20.3 Å². The summed E-state index contributed by atoms with van der Waals surface area (Å²) in [7, 11) is 0. The second-order valence-corrected chi connectivity index (χ2v) is 9.08. The van der Waals surface area contributed by atoms with Gasteiger partial charge in [0.2, 0.25) is 11.8 Å². The summed E-state index contributed by atoms with van der Waals surface area (Å²) in [6.45, 7) is 1.92. The molecule has 0 bridgehead atoms. The lowest BCUT2D eigenvalue weighted by Crippen LogP contribution is -2.44. The Morgan fingerprint density at radius 2 is 1.44 bits per heavy atom. The van der Waals surface area contributed by atoms with Crippen LogP contribution in [0.15, 0.2) is 30.3 Å². The van der Waals surface area contributed by atoms with Gasteiger partial charge in [0, 0.05) is 31.7 Å². The summed E-state index contributed by atoms with van der Waals surface area (Å²) in [6.07, 6.45) is -2.21. The van der Waals surface area contributed by atoms with E-state index in [1.807, 2.05) is 30.3 Å². The maximum atomic E-state index is 13.4. The molecule has 0 spiro atoms. The minimum absolute atomic E-state index is 0.0989. The van der Waals surface area contributed by atoms with Crippen LogP contribution in [0.2, 0.25) is 0 Å². The van der Waals surface area contributed by atoms with Crippen molar-refractivity contribution in [2.75, 3.05) is 0 Å². The summed E-state index contributed by atoms with van der Waals surface area (Å²) in [5.41, 5.74) is 0.866. The molecule has 0 saturated heterocycles. The Hall–Kier alpha value is -2.85. The number of carboxylic acids is 2. The molecule has 2 saturated carbocycles. The molecule has 0 aromatic heterocycles. The van der Waals surface area contributed by atoms with Gasteiger partial charge in [-0.2, -0.15) is 0 Å². The highest BCUT2D eigenvalue weighted by atomic mass is 19.3. The van der Waals surface area contributed by atoms with E-state index in [2.05, 4.69) is 5.32 Å². The highest BCUT2D eigenvalue weighted by Crippen LogP contribution is 2.40. The first-order valence-electron chi connectivity index (χ1n) is 10.9. The number of carbonyl (C=O) groups is 3. The van der Waals surface area contributed by atoms with E-state index in [4.69, 9.17) is 14.9 Å². The first kappa shape index (κ1) is 27.4. The van der Waals surface area contributed by atoms with Crippen LogP contribution in [0.1, 0.15) is 51.0 Å². The molecular weight excluding hydrogens is 462 g/mol. The van der Waals surface area contributed by atoms with Crippen LogP contribution in [-0.2, 0) is 20.9 Å². The summed E-state index contributed by atoms with van der Waals surface area (Å²) in [5.74, 6) is -11.2. The molecule has 0 aliphatic heterocycles. The lowest BCUT2D eigenvalue weighted by molar-refractivity contribution is -0.159. The molecule has 7 nitrogen and oxygen atoms in total. The summed E-state index contributed by atoms with van der Waals surface area (Å²) in [6, 6.07) is 8.72. The van der Waals surface area contributed by atoms with Crippen molar-refractivity contribution in [3.05, 3.63) is 35.9 Å². The van der Waals surface area contributed by atoms with Gasteiger partial charge in [-0.25, -0.2) is 22.4 Å². The fourth-order valence-electron chi connectivity index (χ4n) is 4.34. The van der Waals surface area contributed by atoms with Gasteiger partial charge >= 0.3 is 18.0 Å². The van der Waals surface area contributed by atoms with Crippen molar-refractivity contribution in [2.45, 2.75) is 69.9 Å². The second kappa shape index (κ2) is 11.5. The normalized spacial score (nSPS) is 27.4. The van der Waals surface area contributed by atoms with Gasteiger partial charge in [0.25, 0.3) is 0 Å². The van der Waals surface area contributed by atoms with E-state index in [-0.39, 0.29) is 31.8 Å². The molecule has 190 valence electrons. The SMILES string of the molecule is CC1CC(NC(=O)OCc2ccccc2)CC(F)(F)C1.O=C(O)C1CC(C(=O)O)CC(F)(F)C1. The zero-order valence-electron chi connectivity index (χ0n) is 18.7. The van der Waals surface area contributed by atoms with Crippen molar-refractivity contribution in [1.29, 1.82) is 0 Å². The molecule has 4 unspecified atom stereocenters. The van der Waals surface area contributed by atoms with Crippen LogP contribution in [0.25, 0.3) is 0 Å². The van der Waals surface area contributed by atoms with Gasteiger partial charge in [0.15, 0.2) is 0 Å². The van der Waals surface area contributed by atoms with Crippen LogP contribution in [0, 0.1) is 17.8 Å². The van der Waals surface area contributed by atoms with Crippen molar-refractivity contribution in [3.8, 4) is 0 Å². The molecule has 2 fully saturated rings. The Balaban J connectivity index is 0.000000257. The Morgan fingerprint density at radius 1 is 0.912 bits per heavy atom. The third-order valence-electron chi connectivity index (χ3n) is 5.77. The van der Waals surface area contributed by atoms with E-state index in [1.165, 1.54) is 0 Å². The number of carboxylic acid groups (broad SMARTS) is 2. The van der Waals surface area contributed by atoms with E-state index in [0.717, 1.165) is 5.56 Å². The van der Waals surface area contributed by atoms with Crippen LogP contribution in [-0.4, -0.2) is 46.1 Å². The van der Waals surface area contributed by atoms with Crippen LogP contribution in [0.3, 0.4) is 0 Å². The van der Waals surface area contributed by atoms with Gasteiger partial charge in [-0.15, -0.1) is 0 Å². The van der Waals surface area contributed by atoms with Crippen LogP contribution in [0.4, 0.5) is 22.4 Å². The predicted molar refractivity (Wildman–Crippen MR) is 113 cm³/mol. The predicted octanol–water partition coefficient (Wildman–Crippen LogP) is 4.94. The second-order valence-electron chi connectivity index (χ2n) is 9.08. The molecule has 1 aromatic carbocycles. The molecule has 3 rings (SSSR count). The number of ether oxygens (including phenoxy) is 1. The average Bonchev–Trinajstić information content (AvgIpc) is 2.70. The Morgan fingerprint density at radius 3 is 1.94 bits per heavy atom. The third-order valence-corrected chi connectivity index (χ3v) is 5.77. The zero-order valence-corrected chi connectivity index (χ0v) is 18.7. The van der Waals surface area contributed by atoms with Crippen molar-refractivity contribution in [3.63, 3.8) is 0 Å². The maximum absolute atomic E-state index is 13.4. The topological polar surface area (TPSA) is 113 Å². The van der Waals surface area contributed by atoms with Crippen LogP contribution in [0.5, 0.6) is 0 Å². The monoisotopic (exact) mass is 491 g/mol. The van der Waals surface area contributed by atoms with Gasteiger partial charge in [-0.05, 0) is 24.3 Å². The van der Waals surface area contributed by atoms with Gasteiger partial charge in [-0.3, -0.25) is 9.59 Å². The van der Waals surface area contributed by atoms with Gasteiger partial charge in [0.05, 0.1) is 11.8 Å². The molecule has 34 heavy (non-hydrogen) atoms. The number of hydrogen-bond acceptors (Lipinski definition) is 4. The number of aliphatic carboxylic acids is 2. The van der Waals surface area contributed by atoms with E-state index in [9.17, 15) is 31.9 Å². The molecule has 1 amide bonds. The van der Waals surface area contributed by atoms with Crippen molar-refractivity contribution in [2.24, 2.45) is 17.8 Å². The number of carbonyl (C=O) groups excluding carboxylic acids is 1. The quantitative estimate of drug-likeness (QED) is 0.503. The third kappa shape index (κ3) is 9.18. The number of benzene rings is 1. The Bertz CT molecular complexity index is 827. The molecule has 2 aliphatic carbocycles. The number of hydrogen-bond donors (Lipinski definition) is 3. The largest absolute Gasteiger partial charge is 0.481 e. The van der Waals surface area contributed by atoms with Crippen molar-refractivity contribution in [1.82, 2.24) is 5.32 Å². The minimum Gasteiger partial charge on any atom is -0.481 e. The smallest absolute Gasteiger partial charge is 0.407 e. The van der Waals surface area contributed by atoms with E-state index >= 15 is 0 Å². The molecule has 1 aromatic rings. The Kier molecular flexibility index (Phi) is 9.29. The number of rotatable bonds is 5. The lowest BCUT2D eigenvalue weighted by atomic mass is 9.79. The fraction of sp³-hybridized carbons (Fsp3) is 0.609. The lowest BCUT2D eigenvalue weighted by Gasteiger charge is -2.33. The number of halogens is 4. The highest BCUT2D eigenvalue weighted by Gasteiger charge is 2.46. The average molecular weight is 491 g/mol. The Labute approximate surface area is 194 Å². The molecule has 0 heterocycles. The maximum Gasteiger partial charge on any atom is 0.407 e.